The van der Waals surface area contributed by atoms with Gasteiger partial charge in [-0.25, -0.2) is 15.0 Å². The Morgan fingerprint density at radius 3 is 2.00 bits per heavy atom. The first kappa shape index (κ1) is 19.1. The van der Waals surface area contributed by atoms with E-state index in [0.717, 1.165) is 5.56 Å². The number of rotatable bonds is 5. The second-order valence-electron chi connectivity index (χ2n) is 6.50. The third kappa shape index (κ3) is 3.81. The summed E-state index contributed by atoms with van der Waals surface area (Å²) in [6, 6.07) is 21.1. The molecule has 30 heavy (non-hydrogen) atoms. The lowest BCUT2D eigenvalue weighted by molar-refractivity contribution is 0.100. The molecule has 0 unspecified atom stereocenters. The number of ether oxygens (including phenoxy) is 1. The molecule has 0 bridgehead atoms. The van der Waals surface area contributed by atoms with Gasteiger partial charge < -0.3 is 15.6 Å². The van der Waals surface area contributed by atoms with Crippen LogP contribution in [-0.4, -0.2) is 33.1 Å². The Balaban J connectivity index is 1.88. The fourth-order valence-electron chi connectivity index (χ4n) is 2.95. The molecule has 0 aliphatic heterocycles. The molecule has 3 N–H and O–H groups in total. The summed E-state index contributed by atoms with van der Waals surface area (Å²) in [5.41, 5.74) is 7.67. The van der Waals surface area contributed by atoms with E-state index in [1.807, 2.05) is 30.3 Å². The van der Waals surface area contributed by atoms with Crippen molar-refractivity contribution < 1.29 is 14.6 Å². The molecule has 0 radical (unpaired) electrons. The standard InChI is InChI=1S/C23H18N4O3/c1-30-17-11-12-18(19(28)13-17)23-26-21(15-5-3-2-4-6-15)25-22(27-23)16-9-7-14(8-10-16)20(24)29/h2-13,28H,1H3,(H2,24,29). The Bertz CT molecular complexity index is 1210. The normalized spacial score (nSPS) is 10.6. The topological polar surface area (TPSA) is 111 Å². The zero-order valence-corrected chi connectivity index (χ0v) is 16.1. The van der Waals surface area contributed by atoms with Gasteiger partial charge in [0.2, 0.25) is 5.91 Å². The van der Waals surface area contributed by atoms with Crippen molar-refractivity contribution in [1.29, 1.82) is 0 Å². The van der Waals surface area contributed by atoms with Crippen molar-refractivity contribution >= 4 is 5.91 Å². The largest absolute Gasteiger partial charge is 0.507 e. The van der Waals surface area contributed by atoms with Crippen LogP contribution in [-0.2, 0) is 0 Å². The van der Waals surface area contributed by atoms with Gasteiger partial charge in [-0.15, -0.1) is 0 Å². The van der Waals surface area contributed by atoms with E-state index < -0.39 is 5.91 Å². The molecule has 1 heterocycles. The van der Waals surface area contributed by atoms with Gasteiger partial charge in [0.25, 0.3) is 0 Å². The molecule has 4 aromatic rings. The van der Waals surface area contributed by atoms with Gasteiger partial charge in [0.05, 0.1) is 12.7 Å². The monoisotopic (exact) mass is 398 g/mol. The van der Waals surface area contributed by atoms with Crippen LogP contribution in [0.5, 0.6) is 11.5 Å². The molecule has 0 saturated heterocycles. The maximum absolute atomic E-state index is 11.4. The molecule has 1 aromatic heterocycles. The summed E-state index contributed by atoms with van der Waals surface area (Å²) < 4.78 is 5.15. The number of aromatic hydroxyl groups is 1. The lowest BCUT2D eigenvalue weighted by Gasteiger charge is -2.10. The number of hydrogen-bond acceptors (Lipinski definition) is 6. The Labute approximate surface area is 172 Å². The summed E-state index contributed by atoms with van der Waals surface area (Å²) in [4.78, 5) is 25.1. The van der Waals surface area contributed by atoms with Crippen LogP contribution in [0.4, 0.5) is 0 Å². The van der Waals surface area contributed by atoms with Crippen molar-refractivity contribution in [3.63, 3.8) is 0 Å². The lowest BCUT2D eigenvalue weighted by Crippen LogP contribution is -2.10. The van der Waals surface area contributed by atoms with Gasteiger partial charge in [-0.3, -0.25) is 4.79 Å². The number of benzene rings is 3. The number of amides is 1. The molecule has 0 saturated carbocycles. The quantitative estimate of drug-likeness (QED) is 0.530. The summed E-state index contributed by atoms with van der Waals surface area (Å²) in [6.07, 6.45) is 0. The number of nitrogens with two attached hydrogens (primary N) is 1. The second kappa shape index (κ2) is 8.00. The van der Waals surface area contributed by atoms with E-state index in [2.05, 4.69) is 15.0 Å². The van der Waals surface area contributed by atoms with Crippen LogP contribution in [0.2, 0.25) is 0 Å². The Morgan fingerprint density at radius 1 is 0.833 bits per heavy atom. The highest BCUT2D eigenvalue weighted by atomic mass is 16.5. The molecule has 0 aliphatic rings. The van der Waals surface area contributed by atoms with Crippen LogP contribution >= 0.6 is 0 Å². The van der Waals surface area contributed by atoms with Gasteiger partial charge in [-0.05, 0) is 24.3 Å². The van der Waals surface area contributed by atoms with E-state index in [1.165, 1.54) is 13.2 Å². The van der Waals surface area contributed by atoms with E-state index in [4.69, 9.17) is 10.5 Å². The van der Waals surface area contributed by atoms with Crippen LogP contribution in [0.25, 0.3) is 34.2 Å². The number of nitrogens with zero attached hydrogens (tertiary/aromatic N) is 3. The Kier molecular flexibility index (Phi) is 5.09. The smallest absolute Gasteiger partial charge is 0.248 e. The molecule has 0 spiro atoms. The summed E-state index contributed by atoms with van der Waals surface area (Å²) in [5.74, 6) is 1.20. The van der Waals surface area contributed by atoms with Gasteiger partial charge in [-0.2, -0.15) is 0 Å². The predicted octanol–water partition coefficient (Wildman–Crippen LogP) is 3.69. The van der Waals surface area contributed by atoms with E-state index in [9.17, 15) is 9.90 Å². The minimum absolute atomic E-state index is 0.00501. The average molecular weight is 398 g/mol. The highest BCUT2D eigenvalue weighted by Gasteiger charge is 2.15. The van der Waals surface area contributed by atoms with Crippen molar-refractivity contribution in [2.45, 2.75) is 0 Å². The van der Waals surface area contributed by atoms with Crippen LogP contribution in [0.15, 0.2) is 72.8 Å². The fraction of sp³-hybridized carbons (Fsp3) is 0.0435. The third-order valence-corrected chi connectivity index (χ3v) is 4.54. The summed E-state index contributed by atoms with van der Waals surface area (Å²) in [5, 5.41) is 10.5. The molecule has 3 aromatic carbocycles. The lowest BCUT2D eigenvalue weighted by atomic mass is 10.1. The van der Waals surface area contributed by atoms with E-state index in [0.29, 0.717) is 39.9 Å². The number of aromatic nitrogens is 3. The maximum Gasteiger partial charge on any atom is 0.248 e. The molecule has 0 fully saturated rings. The molecule has 1 amide bonds. The van der Waals surface area contributed by atoms with Gasteiger partial charge in [-0.1, -0.05) is 42.5 Å². The summed E-state index contributed by atoms with van der Waals surface area (Å²) in [6.45, 7) is 0. The number of primary amides is 1. The van der Waals surface area contributed by atoms with E-state index in [-0.39, 0.29) is 5.75 Å². The SMILES string of the molecule is COc1ccc(-c2nc(-c3ccccc3)nc(-c3ccc(C(N)=O)cc3)n2)c(O)c1. The minimum Gasteiger partial charge on any atom is -0.507 e. The number of carbonyl (C=O) groups is 1. The number of phenolic OH excluding ortho intramolecular Hbond substituents is 1. The zero-order chi connectivity index (χ0) is 21.1. The van der Waals surface area contributed by atoms with Gasteiger partial charge in [0.15, 0.2) is 17.5 Å². The number of methoxy groups -OCH3 is 1. The van der Waals surface area contributed by atoms with Crippen LogP contribution < -0.4 is 10.5 Å². The van der Waals surface area contributed by atoms with Gasteiger partial charge >= 0.3 is 0 Å². The number of carbonyl (C=O) groups excluding carboxylic acids is 1. The highest BCUT2D eigenvalue weighted by molar-refractivity contribution is 5.93. The average Bonchev–Trinajstić information content (AvgIpc) is 2.79. The van der Waals surface area contributed by atoms with Crippen LogP contribution in [0.1, 0.15) is 10.4 Å². The van der Waals surface area contributed by atoms with Crippen molar-refractivity contribution in [2.24, 2.45) is 5.73 Å². The maximum atomic E-state index is 11.4. The van der Waals surface area contributed by atoms with Crippen molar-refractivity contribution in [2.75, 3.05) is 7.11 Å². The predicted molar refractivity (Wildman–Crippen MR) is 113 cm³/mol. The molecule has 148 valence electrons. The highest BCUT2D eigenvalue weighted by Crippen LogP contribution is 2.32. The third-order valence-electron chi connectivity index (χ3n) is 4.54. The Morgan fingerprint density at radius 2 is 1.43 bits per heavy atom. The molecular formula is C23H18N4O3. The van der Waals surface area contributed by atoms with Gasteiger partial charge in [0, 0.05) is 22.8 Å². The minimum atomic E-state index is -0.508. The molecule has 7 heteroatoms. The molecule has 0 atom stereocenters. The van der Waals surface area contributed by atoms with Crippen LogP contribution in [0, 0.1) is 0 Å². The second-order valence-corrected chi connectivity index (χ2v) is 6.50. The molecule has 4 rings (SSSR count). The first-order chi connectivity index (χ1) is 14.5. The molecular weight excluding hydrogens is 380 g/mol. The van der Waals surface area contributed by atoms with Gasteiger partial charge in [0.1, 0.15) is 11.5 Å². The van der Waals surface area contributed by atoms with E-state index in [1.54, 1.807) is 36.4 Å². The zero-order valence-electron chi connectivity index (χ0n) is 16.1. The van der Waals surface area contributed by atoms with Crippen molar-refractivity contribution in [3.8, 4) is 45.7 Å². The van der Waals surface area contributed by atoms with Crippen LogP contribution in [0.3, 0.4) is 0 Å². The number of hydrogen-bond donors (Lipinski definition) is 2. The summed E-state index contributed by atoms with van der Waals surface area (Å²) >= 11 is 0. The first-order valence-corrected chi connectivity index (χ1v) is 9.14. The first-order valence-electron chi connectivity index (χ1n) is 9.14. The fourth-order valence-corrected chi connectivity index (χ4v) is 2.95. The Hall–Kier alpha value is -4.26. The number of phenols is 1. The van der Waals surface area contributed by atoms with Crippen molar-refractivity contribution in [3.05, 3.63) is 78.4 Å². The molecule has 7 nitrogen and oxygen atoms in total. The summed E-state index contributed by atoms with van der Waals surface area (Å²) in [7, 11) is 1.53. The molecule has 0 aliphatic carbocycles. The van der Waals surface area contributed by atoms with E-state index >= 15 is 0 Å². The van der Waals surface area contributed by atoms with Crippen molar-refractivity contribution in [1.82, 2.24) is 15.0 Å².